The molecule has 0 spiro atoms. The minimum Gasteiger partial charge on any atom is -0.392 e. The molecule has 1 atom stereocenters. The Bertz CT molecular complexity index is 70.8. The van der Waals surface area contributed by atoms with Gasteiger partial charge in [-0.15, -0.1) is 0 Å². The summed E-state index contributed by atoms with van der Waals surface area (Å²) in [4.78, 5) is 0. The van der Waals surface area contributed by atoms with Crippen LogP contribution in [0.4, 0.5) is 0 Å². The lowest BCUT2D eigenvalue weighted by atomic mass is 10.1. The van der Waals surface area contributed by atoms with Gasteiger partial charge in [0, 0.05) is 36.0 Å². The van der Waals surface area contributed by atoms with Gasteiger partial charge in [0.05, 0.1) is 6.10 Å². The number of rotatable bonds is 0. The highest BCUT2D eigenvalue weighted by atomic mass is 127. The maximum absolute atomic E-state index is 9.03. The standard InChI is InChI=1S/C5H10INO/c6-7-3-1-2-5(8)4-7/h5,8H,1-4H2/t5-/m1/s1. The second-order valence-corrected chi connectivity index (χ2v) is 3.53. The van der Waals surface area contributed by atoms with Crippen LogP contribution in [-0.4, -0.2) is 27.4 Å². The van der Waals surface area contributed by atoms with Crippen molar-refractivity contribution in [3.05, 3.63) is 0 Å². The highest BCUT2D eigenvalue weighted by Crippen LogP contribution is 2.12. The van der Waals surface area contributed by atoms with Gasteiger partial charge >= 0.3 is 0 Å². The topological polar surface area (TPSA) is 23.5 Å². The van der Waals surface area contributed by atoms with E-state index in [1.807, 2.05) is 0 Å². The zero-order valence-electron chi connectivity index (χ0n) is 4.68. The first-order chi connectivity index (χ1) is 3.79. The molecule has 8 heavy (non-hydrogen) atoms. The van der Waals surface area contributed by atoms with E-state index in [-0.39, 0.29) is 6.10 Å². The van der Waals surface area contributed by atoms with E-state index in [0.717, 1.165) is 25.9 Å². The van der Waals surface area contributed by atoms with Gasteiger partial charge in [0.1, 0.15) is 0 Å². The van der Waals surface area contributed by atoms with Gasteiger partial charge in [-0.25, -0.2) is 3.11 Å². The lowest BCUT2D eigenvalue weighted by Crippen LogP contribution is -2.31. The van der Waals surface area contributed by atoms with Crippen LogP contribution in [0.5, 0.6) is 0 Å². The Morgan fingerprint density at radius 2 is 2.38 bits per heavy atom. The fraction of sp³-hybridized carbons (Fsp3) is 1.00. The summed E-state index contributed by atoms with van der Waals surface area (Å²) < 4.78 is 2.13. The van der Waals surface area contributed by atoms with Gasteiger partial charge in [-0.05, 0) is 12.8 Å². The molecule has 0 radical (unpaired) electrons. The van der Waals surface area contributed by atoms with Crippen molar-refractivity contribution in [2.75, 3.05) is 13.1 Å². The number of halogens is 1. The highest BCUT2D eigenvalue weighted by Gasteiger charge is 2.14. The van der Waals surface area contributed by atoms with Crippen LogP contribution in [0.15, 0.2) is 0 Å². The smallest absolute Gasteiger partial charge is 0.0675 e. The molecule has 1 aliphatic rings. The van der Waals surface area contributed by atoms with Crippen molar-refractivity contribution in [1.82, 2.24) is 3.11 Å². The summed E-state index contributed by atoms with van der Waals surface area (Å²) >= 11 is 2.25. The number of hydrogen-bond donors (Lipinski definition) is 1. The fourth-order valence-electron chi connectivity index (χ4n) is 0.910. The quantitative estimate of drug-likeness (QED) is 0.488. The molecule has 2 nitrogen and oxygen atoms in total. The second-order valence-electron chi connectivity index (χ2n) is 2.16. The summed E-state index contributed by atoms with van der Waals surface area (Å²) in [6.07, 6.45) is 2.06. The predicted octanol–water partition coefficient (Wildman–Crippen LogP) is 0.793. The van der Waals surface area contributed by atoms with Gasteiger partial charge in [0.2, 0.25) is 0 Å². The Morgan fingerprint density at radius 3 is 2.75 bits per heavy atom. The highest BCUT2D eigenvalue weighted by molar-refractivity contribution is 14.1. The molecule has 1 aliphatic heterocycles. The maximum Gasteiger partial charge on any atom is 0.0675 e. The number of nitrogens with zero attached hydrogens (tertiary/aromatic N) is 1. The minimum atomic E-state index is -0.0688. The van der Waals surface area contributed by atoms with E-state index in [2.05, 4.69) is 26.0 Å². The molecule has 0 amide bonds. The average molecular weight is 227 g/mol. The first kappa shape index (κ1) is 6.77. The molecule has 1 saturated heterocycles. The molecular formula is C5H10INO. The first-order valence-electron chi connectivity index (χ1n) is 2.88. The van der Waals surface area contributed by atoms with Crippen LogP contribution >= 0.6 is 22.9 Å². The molecule has 0 bridgehead atoms. The molecule has 1 rings (SSSR count). The van der Waals surface area contributed by atoms with E-state index < -0.39 is 0 Å². The van der Waals surface area contributed by atoms with E-state index in [0.29, 0.717) is 0 Å². The summed E-state index contributed by atoms with van der Waals surface area (Å²) in [5, 5.41) is 9.03. The summed E-state index contributed by atoms with van der Waals surface area (Å²) in [6.45, 7) is 1.98. The maximum atomic E-state index is 9.03. The molecule has 1 heterocycles. The number of hydrogen-bond acceptors (Lipinski definition) is 2. The Labute approximate surface area is 63.4 Å². The molecule has 0 aromatic rings. The minimum absolute atomic E-state index is 0.0688. The first-order valence-corrected chi connectivity index (χ1v) is 3.84. The number of aliphatic hydroxyl groups excluding tert-OH is 1. The van der Waals surface area contributed by atoms with Crippen molar-refractivity contribution in [3.63, 3.8) is 0 Å². The molecule has 48 valence electrons. The van der Waals surface area contributed by atoms with Crippen LogP contribution < -0.4 is 0 Å². The van der Waals surface area contributed by atoms with Crippen LogP contribution in [0.1, 0.15) is 12.8 Å². The van der Waals surface area contributed by atoms with Crippen molar-refractivity contribution in [2.24, 2.45) is 0 Å². The zero-order valence-corrected chi connectivity index (χ0v) is 6.84. The summed E-state index contributed by atoms with van der Waals surface area (Å²) in [6, 6.07) is 0. The third-order valence-electron chi connectivity index (χ3n) is 1.35. The van der Waals surface area contributed by atoms with E-state index in [1.54, 1.807) is 0 Å². The number of β-amino-alcohol motifs (C(OH)–C–C–N with tert-alkyl or cyclic N) is 1. The van der Waals surface area contributed by atoms with Crippen molar-refractivity contribution < 1.29 is 5.11 Å². The second kappa shape index (κ2) is 2.98. The van der Waals surface area contributed by atoms with Crippen molar-refractivity contribution in [2.45, 2.75) is 18.9 Å². The molecule has 0 saturated carbocycles. The van der Waals surface area contributed by atoms with Gasteiger partial charge < -0.3 is 5.11 Å². The molecule has 3 heteroatoms. The van der Waals surface area contributed by atoms with E-state index in [4.69, 9.17) is 5.11 Å². The Morgan fingerprint density at radius 1 is 1.62 bits per heavy atom. The van der Waals surface area contributed by atoms with E-state index in [1.165, 1.54) is 0 Å². The Hall–Kier alpha value is 0.650. The molecule has 0 aromatic carbocycles. The lowest BCUT2D eigenvalue weighted by Gasteiger charge is -2.23. The van der Waals surface area contributed by atoms with Crippen molar-refractivity contribution in [3.8, 4) is 0 Å². The fourth-order valence-corrected chi connectivity index (χ4v) is 1.71. The molecule has 1 N–H and O–H groups in total. The van der Waals surface area contributed by atoms with Crippen LogP contribution in [-0.2, 0) is 0 Å². The third kappa shape index (κ3) is 1.87. The number of piperidine rings is 1. The summed E-state index contributed by atoms with van der Waals surface area (Å²) in [7, 11) is 0. The monoisotopic (exact) mass is 227 g/mol. The zero-order chi connectivity index (χ0) is 5.98. The third-order valence-corrected chi connectivity index (χ3v) is 2.22. The van der Waals surface area contributed by atoms with Crippen LogP contribution in [0, 0.1) is 0 Å². The van der Waals surface area contributed by atoms with Crippen LogP contribution in [0.2, 0.25) is 0 Å². The SMILES string of the molecule is O[C@@H]1CCCN(I)C1. The van der Waals surface area contributed by atoms with Gasteiger partial charge in [-0.1, -0.05) is 0 Å². The normalized spacial score (nSPS) is 33.0. The summed E-state index contributed by atoms with van der Waals surface area (Å²) in [5.41, 5.74) is 0. The summed E-state index contributed by atoms with van der Waals surface area (Å²) in [5.74, 6) is 0. The van der Waals surface area contributed by atoms with Crippen LogP contribution in [0.3, 0.4) is 0 Å². The molecule has 0 aromatic heterocycles. The molecule has 0 unspecified atom stereocenters. The predicted molar refractivity (Wildman–Crippen MR) is 40.8 cm³/mol. The van der Waals surface area contributed by atoms with Gasteiger partial charge in [-0.3, -0.25) is 0 Å². The Balaban J connectivity index is 2.23. The van der Waals surface area contributed by atoms with Crippen molar-refractivity contribution in [1.29, 1.82) is 0 Å². The van der Waals surface area contributed by atoms with Gasteiger partial charge in [-0.2, -0.15) is 0 Å². The van der Waals surface area contributed by atoms with Gasteiger partial charge in [0.25, 0.3) is 0 Å². The van der Waals surface area contributed by atoms with Gasteiger partial charge in [0.15, 0.2) is 0 Å². The van der Waals surface area contributed by atoms with E-state index in [9.17, 15) is 0 Å². The molecule has 1 fully saturated rings. The number of aliphatic hydroxyl groups is 1. The van der Waals surface area contributed by atoms with Crippen molar-refractivity contribution >= 4 is 22.9 Å². The average Bonchev–Trinajstić information content (AvgIpc) is 1.64. The van der Waals surface area contributed by atoms with Crippen LogP contribution in [0.25, 0.3) is 0 Å². The molecular weight excluding hydrogens is 217 g/mol. The largest absolute Gasteiger partial charge is 0.392 e. The lowest BCUT2D eigenvalue weighted by molar-refractivity contribution is 0.119. The Kier molecular flexibility index (Phi) is 2.52. The van der Waals surface area contributed by atoms with E-state index >= 15 is 0 Å². The molecule has 0 aliphatic carbocycles.